The molecule has 0 aliphatic rings. The van der Waals surface area contributed by atoms with Gasteiger partial charge in [-0.3, -0.25) is 0 Å². The van der Waals surface area contributed by atoms with E-state index in [2.05, 4.69) is 44.0 Å². The molecule has 0 fully saturated rings. The zero-order valence-electron chi connectivity index (χ0n) is 12.5. The average Bonchev–Trinajstić information content (AvgIpc) is 2.39. The summed E-state index contributed by atoms with van der Waals surface area (Å²) in [6.07, 6.45) is 3.14. The molecule has 0 saturated carbocycles. The van der Waals surface area contributed by atoms with Crippen LogP contribution in [0, 0.1) is 13.8 Å². The first-order valence-corrected chi connectivity index (χ1v) is 7.13. The Morgan fingerprint density at radius 3 is 2.63 bits per heavy atom. The van der Waals surface area contributed by atoms with Gasteiger partial charge in [-0.15, -0.1) is 0 Å². The van der Waals surface area contributed by atoms with Crippen LogP contribution in [0.4, 0.5) is 0 Å². The molecule has 0 heterocycles. The summed E-state index contributed by atoms with van der Waals surface area (Å²) in [5.74, 6) is 0.994. The molecule has 1 rings (SSSR count). The molecule has 1 aromatic rings. The normalized spacial score (nSPS) is 11.0. The predicted molar refractivity (Wildman–Crippen MR) is 79.8 cm³/mol. The van der Waals surface area contributed by atoms with Crippen LogP contribution in [-0.4, -0.2) is 43.4 Å². The van der Waals surface area contributed by atoms with Gasteiger partial charge < -0.3 is 14.7 Å². The molecule has 0 aliphatic heterocycles. The lowest BCUT2D eigenvalue weighted by molar-refractivity contribution is 0.229. The van der Waals surface area contributed by atoms with Gasteiger partial charge in [0, 0.05) is 13.2 Å². The van der Waals surface area contributed by atoms with Crippen molar-refractivity contribution in [3.05, 3.63) is 29.3 Å². The van der Waals surface area contributed by atoms with Crippen molar-refractivity contribution in [1.82, 2.24) is 4.90 Å². The molecule has 108 valence electrons. The minimum atomic E-state index is 0.305. The Balaban J connectivity index is 2.20. The van der Waals surface area contributed by atoms with Crippen molar-refractivity contribution in [3.8, 4) is 5.75 Å². The number of hydrogen-bond donors (Lipinski definition) is 1. The Hall–Kier alpha value is -1.06. The fourth-order valence-corrected chi connectivity index (χ4v) is 1.96. The zero-order valence-corrected chi connectivity index (χ0v) is 12.5. The maximum absolute atomic E-state index is 8.71. The lowest BCUT2D eigenvalue weighted by atomic mass is 10.1. The van der Waals surface area contributed by atoms with E-state index in [-0.39, 0.29) is 0 Å². The van der Waals surface area contributed by atoms with Gasteiger partial charge in [-0.05, 0) is 63.9 Å². The van der Waals surface area contributed by atoms with E-state index in [1.165, 1.54) is 11.1 Å². The number of aryl methyl sites for hydroxylation is 2. The number of unbranched alkanes of at least 4 members (excludes halogenated alkanes) is 2. The van der Waals surface area contributed by atoms with Crippen molar-refractivity contribution in [1.29, 1.82) is 0 Å². The third-order valence-corrected chi connectivity index (χ3v) is 3.27. The number of aliphatic hydroxyl groups is 1. The Morgan fingerprint density at radius 1 is 1.11 bits per heavy atom. The van der Waals surface area contributed by atoms with Crippen molar-refractivity contribution in [2.75, 3.05) is 33.4 Å². The van der Waals surface area contributed by atoms with Gasteiger partial charge in [0.05, 0.1) is 0 Å². The lowest BCUT2D eigenvalue weighted by Gasteiger charge is -2.17. The van der Waals surface area contributed by atoms with Crippen LogP contribution in [0.25, 0.3) is 0 Å². The van der Waals surface area contributed by atoms with Gasteiger partial charge in [-0.1, -0.05) is 12.1 Å². The smallest absolute Gasteiger partial charge is 0.122 e. The van der Waals surface area contributed by atoms with Crippen LogP contribution in [0.5, 0.6) is 5.75 Å². The highest BCUT2D eigenvalue weighted by molar-refractivity contribution is 5.35. The fourth-order valence-electron chi connectivity index (χ4n) is 1.96. The SMILES string of the molecule is Cc1ccc(C)c(OCCN(C)CCCCCO)c1. The Morgan fingerprint density at radius 2 is 1.89 bits per heavy atom. The second kappa shape index (κ2) is 8.94. The number of benzene rings is 1. The van der Waals surface area contributed by atoms with E-state index < -0.39 is 0 Å². The summed E-state index contributed by atoms with van der Waals surface area (Å²) in [5.41, 5.74) is 2.43. The predicted octanol–water partition coefficient (Wildman–Crippen LogP) is 2.78. The van der Waals surface area contributed by atoms with Gasteiger partial charge in [-0.2, -0.15) is 0 Å². The van der Waals surface area contributed by atoms with Crippen molar-refractivity contribution in [2.24, 2.45) is 0 Å². The molecule has 0 spiro atoms. The fraction of sp³-hybridized carbons (Fsp3) is 0.625. The molecule has 1 aromatic carbocycles. The Kier molecular flexibility index (Phi) is 7.53. The molecule has 1 N–H and O–H groups in total. The molecule has 0 aromatic heterocycles. The highest BCUT2D eigenvalue weighted by atomic mass is 16.5. The van der Waals surface area contributed by atoms with Crippen LogP contribution < -0.4 is 4.74 Å². The molecule has 0 bridgehead atoms. The Bertz CT molecular complexity index is 366. The minimum absolute atomic E-state index is 0.305. The number of hydrogen-bond acceptors (Lipinski definition) is 3. The average molecular weight is 265 g/mol. The second-order valence-electron chi connectivity index (χ2n) is 5.20. The van der Waals surface area contributed by atoms with E-state index in [0.29, 0.717) is 6.61 Å². The number of rotatable bonds is 9. The minimum Gasteiger partial charge on any atom is -0.492 e. The first-order valence-electron chi connectivity index (χ1n) is 7.13. The molecule has 3 heteroatoms. The molecule has 0 amide bonds. The molecule has 0 saturated heterocycles. The summed E-state index contributed by atoms with van der Waals surface area (Å²) in [6, 6.07) is 6.30. The van der Waals surface area contributed by atoms with Gasteiger partial charge in [0.2, 0.25) is 0 Å². The van der Waals surface area contributed by atoms with E-state index in [1.54, 1.807) is 0 Å². The largest absolute Gasteiger partial charge is 0.492 e. The van der Waals surface area contributed by atoms with Gasteiger partial charge in [0.15, 0.2) is 0 Å². The number of ether oxygens (including phenoxy) is 1. The van der Waals surface area contributed by atoms with E-state index in [4.69, 9.17) is 9.84 Å². The first kappa shape index (κ1) is 16.0. The summed E-state index contributed by atoms with van der Waals surface area (Å²) in [5, 5.41) is 8.71. The van der Waals surface area contributed by atoms with Crippen LogP contribution in [0.3, 0.4) is 0 Å². The standard InChI is InChI=1S/C16H27NO2/c1-14-7-8-15(2)16(13-14)19-12-10-17(3)9-5-4-6-11-18/h7-8,13,18H,4-6,9-12H2,1-3H3. The van der Waals surface area contributed by atoms with E-state index in [9.17, 15) is 0 Å². The summed E-state index contributed by atoms with van der Waals surface area (Å²) in [6.45, 7) is 7.19. The van der Waals surface area contributed by atoms with Crippen molar-refractivity contribution >= 4 is 0 Å². The van der Waals surface area contributed by atoms with Gasteiger partial charge in [-0.25, -0.2) is 0 Å². The van der Waals surface area contributed by atoms with Crippen LogP contribution >= 0.6 is 0 Å². The van der Waals surface area contributed by atoms with Crippen LogP contribution in [-0.2, 0) is 0 Å². The number of nitrogens with zero attached hydrogens (tertiary/aromatic N) is 1. The third kappa shape index (κ3) is 6.60. The monoisotopic (exact) mass is 265 g/mol. The van der Waals surface area contributed by atoms with Crippen LogP contribution in [0.15, 0.2) is 18.2 Å². The summed E-state index contributed by atoms with van der Waals surface area (Å²) in [7, 11) is 2.12. The summed E-state index contributed by atoms with van der Waals surface area (Å²) >= 11 is 0. The van der Waals surface area contributed by atoms with Crippen LogP contribution in [0.2, 0.25) is 0 Å². The maximum atomic E-state index is 8.71. The highest BCUT2D eigenvalue weighted by Gasteiger charge is 2.02. The van der Waals surface area contributed by atoms with Gasteiger partial charge >= 0.3 is 0 Å². The summed E-state index contributed by atoms with van der Waals surface area (Å²) in [4.78, 5) is 2.28. The third-order valence-electron chi connectivity index (χ3n) is 3.27. The van der Waals surface area contributed by atoms with Crippen molar-refractivity contribution in [3.63, 3.8) is 0 Å². The molecule has 0 atom stereocenters. The Labute approximate surface area is 117 Å². The van der Waals surface area contributed by atoms with Crippen LogP contribution in [0.1, 0.15) is 30.4 Å². The second-order valence-corrected chi connectivity index (χ2v) is 5.20. The molecular weight excluding hydrogens is 238 g/mol. The number of likely N-dealkylation sites (N-methyl/N-ethyl adjacent to an activating group) is 1. The zero-order chi connectivity index (χ0) is 14.1. The molecule has 19 heavy (non-hydrogen) atoms. The van der Waals surface area contributed by atoms with E-state index >= 15 is 0 Å². The van der Waals surface area contributed by atoms with Crippen molar-refractivity contribution in [2.45, 2.75) is 33.1 Å². The summed E-state index contributed by atoms with van der Waals surface area (Å²) < 4.78 is 5.83. The van der Waals surface area contributed by atoms with Crippen molar-refractivity contribution < 1.29 is 9.84 Å². The molecule has 0 radical (unpaired) electrons. The number of aliphatic hydroxyl groups excluding tert-OH is 1. The highest BCUT2D eigenvalue weighted by Crippen LogP contribution is 2.18. The molecule has 0 unspecified atom stereocenters. The van der Waals surface area contributed by atoms with E-state index in [1.807, 2.05) is 0 Å². The topological polar surface area (TPSA) is 32.7 Å². The lowest BCUT2D eigenvalue weighted by Crippen LogP contribution is -2.25. The maximum Gasteiger partial charge on any atom is 0.122 e. The molecule has 0 aliphatic carbocycles. The van der Waals surface area contributed by atoms with Gasteiger partial charge in [0.1, 0.15) is 12.4 Å². The quantitative estimate of drug-likeness (QED) is 0.697. The van der Waals surface area contributed by atoms with Gasteiger partial charge in [0.25, 0.3) is 0 Å². The molecule has 3 nitrogen and oxygen atoms in total. The van der Waals surface area contributed by atoms with E-state index in [0.717, 1.165) is 44.7 Å². The molecular formula is C16H27NO2. The first-order chi connectivity index (χ1) is 9.13.